The Morgan fingerprint density at radius 3 is 2.83 bits per heavy atom. The Bertz CT molecular complexity index is 704. The van der Waals surface area contributed by atoms with Crippen LogP contribution in [0.4, 0.5) is 0 Å². The van der Waals surface area contributed by atoms with E-state index < -0.39 is 10.0 Å². The van der Waals surface area contributed by atoms with Gasteiger partial charge in [-0.05, 0) is 25.0 Å². The Balaban J connectivity index is 1.46. The number of ether oxygens (including phenoxy) is 1. The lowest BCUT2D eigenvalue weighted by molar-refractivity contribution is 0.316. The van der Waals surface area contributed by atoms with Crippen molar-refractivity contribution in [2.45, 2.75) is 18.9 Å². The van der Waals surface area contributed by atoms with Crippen molar-refractivity contribution in [2.24, 2.45) is 0 Å². The molecule has 3 rings (SSSR count). The number of aromatic nitrogens is 3. The summed E-state index contributed by atoms with van der Waals surface area (Å²) in [5.74, 6) is 0.863. The van der Waals surface area contributed by atoms with E-state index in [-0.39, 0.29) is 11.8 Å². The molecule has 0 spiro atoms. The van der Waals surface area contributed by atoms with Gasteiger partial charge in [0.25, 0.3) is 0 Å². The molecule has 1 aliphatic heterocycles. The molecule has 23 heavy (non-hydrogen) atoms. The summed E-state index contributed by atoms with van der Waals surface area (Å²) in [6.07, 6.45) is 4.62. The Morgan fingerprint density at radius 1 is 1.26 bits per heavy atom. The summed E-state index contributed by atoms with van der Waals surface area (Å²) >= 11 is 0. The zero-order valence-electron chi connectivity index (χ0n) is 12.8. The molecule has 0 amide bonds. The first-order chi connectivity index (χ1) is 11.1. The minimum absolute atomic E-state index is 0.0767. The molecule has 1 aromatic carbocycles. The third-order valence-electron chi connectivity index (χ3n) is 3.89. The van der Waals surface area contributed by atoms with Crippen LogP contribution in [-0.2, 0) is 10.0 Å². The van der Waals surface area contributed by atoms with Gasteiger partial charge < -0.3 is 4.74 Å². The third-order valence-corrected chi connectivity index (χ3v) is 5.82. The highest BCUT2D eigenvalue weighted by Gasteiger charge is 2.32. The molecule has 1 aromatic heterocycles. The maximum atomic E-state index is 12.4. The zero-order chi connectivity index (χ0) is 16.1. The average molecular weight is 336 g/mol. The van der Waals surface area contributed by atoms with Crippen LogP contribution in [0.25, 0.3) is 0 Å². The van der Waals surface area contributed by atoms with Crippen molar-refractivity contribution in [3.05, 3.63) is 42.7 Å². The van der Waals surface area contributed by atoms with Crippen LogP contribution in [0.2, 0.25) is 0 Å². The van der Waals surface area contributed by atoms with Crippen LogP contribution in [0, 0.1) is 0 Å². The Kier molecular flexibility index (Phi) is 4.92. The zero-order valence-corrected chi connectivity index (χ0v) is 13.6. The monoisotopic (exact) mass is 336 g/mol. The fourth-order valence-corrected chi connectivity index (χ4v) is 4.19. The van der Waals surface area contributed by atoms with Gasteiger partial charge in [-0.25, -0.2) is 13.1 Å². The van der Waals surface area contributed by atoms with Crippen LogP contribution in [0.1, 0.15) is 18.9 Å². The first-order valence-electron chi connectivity index (χ1n) is 7.66. The average Bonchev–Trinajstić information content (AvgIpc) is 3.23. The van der Waals surface area contributed by atoms with Gasteiger partial charge in [0.15, 0.2) is 0 Å². The molecule has 0 bridgehead atoms. The molecule has 2 heterocycles. The quantitative estimate of drug-likeness (QED) is 0.713. The van der Waals surface area contributed by atoms with E-state index in [1.807, 2.05) is 30.3 Å². The summed E-state index contributed by atoms with van der Waals surface area (Å²) < 4.78 is 33.6. The van der Waals surface area contributed by atoms with Gasteiger partial charge in [0.1, 0.15) is 5.75 Å². The van der Waals surface area contributed by atoms with Crippen molar-refractivity contribution >= 4 is 10.0 Å². The van der Waals surface area contributed by atoms with Crippen molar-refractivity contribution in [2.75, 3.05) is 25.4 Å². The van der Waals surface area contributed by atoms with Crippen LogP contribution >= 0.6 is 0 Å². The molecular weight excluding hydrogens is 316 g/mol. The van der Waals surface area contributed by atoms with E-state index in [0.717, 1.165) is 12.2 Å². The molecule has 0 N–H and O–H groups in total. The van der Waals surface area contributed by atoms with Gasteiger partial charge in [0.2, 0.25) is 10.0 Å². The number of nitrogens with zero attached hydrogens (tertiary/aromatic N) is 4. The molecular formula is C15H20N4O3S. The Morgan fingerprint density at radius 2 is 2.09 bits per heavy atom. The standard InChI is InChI=1S/C15H20N4O3S/c20-23(21,12-4-11-22-15-5-2-1-3-6-15)18-9-7-14(13-18)19-10-8-16-17-19/h1-3,5-6,8,10,14H,4,7,9,11-13H2. The van der Waals surface area contributed by atoms with Crippen LogP contribution < -0.4 is 4.74 Å². The number of hydrogen-bond acceptors (Lipinski definition) is 5. The van der Waals surface area contributed by atoms with Gasteiger partial charge in [-0.15, -0.1) is 5.10 Å². The highest BCUT2D eigenvalue weighted by atomic mass is 32.2. The molecule has 0 radical (unpaired) electrons. The number of sulfonamides is 1. The predicted octanol–water partition coefficient (Wildman–Crippen LogP) is 1.32. The smallest absolute Gasteiger partial charge is 0.214 e. The van der Waals surface area contributed by atoms with Gasteiger partial charge in [-0.1, -0.05) is 23.4 Å². The summed E-state index contributed by atoms with van der Waals surface area (Å²) in [5.41, 5.74) is 0. The van der Waals surface area contributed by atoms with Crippen LogP contribution in [-0.4, -0.2) is 53.2 Å². The van der Waals surface area contributed by atoms with E-state index in [9.17, 15) is 8.42 Å². The van der Waals surface area contributed by atoms with E-state index >= 15 is 0 Å². The van der Waals surface area contributed by atoms with Crippen LogP contribution in [0.3, 0.4) is 0 Å². The van der Waals surface area contributed by atoms with E-state index in [1.54, 1.807) is 21.4 Å². The van der Waals surface area contributed by atoms with E-state index in [2.05, 4.69) is 10.3 Å². The highest BCUT2D eigenvalue weighted by molar-refractivity contribution is 7.89. The van der Waals surface area contributed by atoms with Crippen molar-refractivity contribution in [1.29, 1.82) is 0 Å². The lowest BCUT2D eigenvalue weighted by Gasteiger charge is -2.16. The number of rotatable bonds is 7. The van der Waals surface area contributed by atoms with E-state index in [4.69, 9.17) is 4.74 Å². The minimum atomic E-state index is -3.25. The van der Waals surface area contributed by atoms with Crippen LogP contribution in [0.5, 0.6) is 5.75 Å². The second kappa shape index (κ2) is 7.10. The topological polar surface area (TPSA) is 77.3 Å². The molecule has 0 saturated carbocycles. The molecule has 1 saturated heterocycles. The fourth-order valence-electron chi connectivity index (χ4n) is 2.67. The summed E-state index contributed by atoms with van der Waals surface area (Å²) in [6.45, 7) is 1.39. The molecule has 8 heteroatoms. The molecule has 2 aromatic rings. The molecule has 1 atom stereocenters. The van der Waals surface area contributed by atoms with Crippen molar-refractivity contribution in [3.63, 3.8) is 0 Å². The van der Waals surface area contributed by atoms with Crippen molar-refractivity contribution in [3.8, 4) is 5.75 Å². The fraction of sp³-hybridized carbons (Fsp3) is 0.467. The number of hydrogen-bond donors (Lipinski definition) is 0. The summed E-state index contributed by atoms with van der Waals surface area (Å²) in [6, 6.07) is 9.49. The van der Waals surface area contributed by atoms with Crippen LogP contribution in [0.15, 0.2) is 42.7 Å². The third kappa shape index (κ3) is 4.08. The summed E-state index contributed by atoms with van der Waals surface area (Å²) in [5, 5.41) is 7.72. The van der Waals surface area contributed by atoms with Crippen molar-refractivity contribution < 1.29 is 13.2 Å². The number of para-hydroxylation sites is 1. The van der Waals surface area contributed by atoms with E-state index in [1.165, 1.54) is 0 Å². The maximum Gasteiger partial charge on any atom is 0.214 e. The molecule has 1 fully saturated rings. The van der Waals surface area contributed by atoms with E-state index in [0.29, 0.717) is 26.1 Å². The normalized spacial score (nSPS) is 19.0. The first kappa shape index (κ1) is 15.9. The second-order valence-corrected chi connectivity index (χ2v) is 7.60. The van der Waals surface area contributed by atoms with Gasteiger partial charge in [-0.2, -0.15) is 4.31 Å². The Labute approximate surface area is 135 Å². The largest absolute Gasteiger partial charge is 0.494 e. The highest BCUT2D eigenvalue weighted by Crippen LogP contribution is 2.23. The molecule has 1 aliphatic rings. The molecule has 124 valence electrons. The number of benzene rings is 1. The van der Waals surface area contributed by atoms with Gasteiger partial charge >= 0.3 is 0 Å². The minimum Gasteiger partial charge on any atom is -0.494 e. The van der Waals surface area contributed by atoms with Crippen molar-refractivity contribution in [1.82, 2.24) is 19.3 Å². The predicted molar refractivity (Wildman–Crippen MR) is 85.6 cm³/mol. The first-order valence-corrected chi connectivity index (χ1v) is 9.27. The molecule has 7 nitrogen and oxygen atoms in total. The summed E-state index contributed by atoms with van der Waals surface area (Å²) in [7, 11) is -3.25. The molecule has 1 unspecified atom stereocenters. The Hall–Kier alpha value is -1.93. The summed E-state index contributed by atoms with van der Waals surface area (Å²) in [4.78, 5) is 0. The molecule has 0 aliphatic carbocycles. The lowest BCUT2D eigenvalue weighted by Crippen LogP contribution is -2.32. The lowest BCUT2D eigenvalue weighted by atomic mass is 10.3. The van der Waals surface area contributed by atoms with Gasteiger partial charge in [0, 0.05) is 19.3 Å². The SMILES string of the molecule is O=S(=O)(CCCOc1ccccc1)N1CCC(n2ccnn2)C1. The second-order valence-electron chi connectivity index (χ2n) is 5.51. The van der Waals surface area contributed by atoms with Gasteiger partial charge in [-0.3, -0.25) is 0 Å². The maximum absolute atomic E-state index is 12.4. The van der Waals surface area contributed by atoms with Gasteiger partial charge in [0.05, 0.1) is 24.6 Å².